The fourth-order valence-corrected chi connectivity index (χ4v) is 3.04. The van der Waals surface area contributed by atoms with E-state index in [1.54, 1.807) is 6.07 Å². The predicted molar refractivity (Wildman–Crippen MR) is 97.1 cm³/mol. The van der Waals surface area contributed by atoms with E-state index in [1.807, 2.05) is 37.4 Å². The number of nitrogens with two attached hydrogens (primary N) is 1. The van der Waals surface area contributed by atoms with Crippen LogP contribution in [0.15, 0.2) is 36.4 Å². The molecule has 116 valence electrons. The first-order valence-corrected chi connectivity index (χ1v) is 7.87. The average Bonchev–Trinajstić information content (AvgIpc) is 2.93. The van der Waals surface area contributed by atoms with Crippen LogP contribution < -0.4 is 16.4 Å². The maximum atomic E-state index is 9.97. The van der Waals surface area contributed by atoms with Crippen molar-refractivity contribution in [3.05, 3.63) is 42.0 Å². The smallest absolute Gasteiger partial charge is 0.181 e. The first-order valence-electron chi connectivity index (χ1n) is 7.06. The molecule has 6 heteroatoms. The first kappa shape index (κ1) is 15.0. The van der Waals surface area contributed by atoms with E-state index < -0.39 is 0 Å². The molecule has 5 nitrogen and oxygen atoms in total. The van der Waals surface area contributed by atoms with Crippen molar-refractivity contribution in [1.29, 1.82) is 0 Å². The van der Waals surface area contributed by atoms with E-state index in [1.165, 1.54) is 11.3 Å². The third-order valence-corrected chi connectivity index (χ3v) is 4.12. The summed E-state index contributed by atoms with van der Waals surface area (Å²) in [5.74, 6) is 6.20. The van der Waals surface area contributed by atoms with Gasteiger partial charge in [0.25, 0.3) is 0 Å². The summed E-state index contributed by atoms with van der Waals surface area (Å²) in [4.78, 5) is 4.09. The van der Waals surface area contributed by atoms with Gasteiger partial charge in [0.2, 0.25) is 0 Å². The van der Waals surface area contributed by atoms with Gasteiger partial charge in [0.05, 0.1) is 22.6 Å². The summed E-state index contributed by atoms with van der Waals surface area (Å²) in [5, 5.41) is 16.8. The Balaban J connectivity index is 1.74. The number of nitrogens with one attached hydrogen (secondary N) is 2. The number of fused-ring (bicyclic) bond motifs is 1. The van der Waals surface area contributed by atoms with Crippen molar-refractivity contribution in [2.75, 3.05) is 30.0 Å². The van der Waals surface area contributed by atoms with Crippen molar-refractivity contribution in [2.24, 2.45) is 0 Å². The second-order valence-corrected chi connectivity index (χ2v) is 5.91. The van der Waals surface area contributed by atoms with E-state index in [9.17, 15) is 5.11 Å². The van der Waals surface area contributed by atoms with E-state index >= 15 is 0 Å². The quantitative estimate of drug-likeness (QED) is 0.557. The van der Waals surface area contributed by atoms with Gasteiger partial charge in [-0.1, -0.05) is 35.3 Å². The van der Waals surface area contributed by atoms with E-state index in [2.05, 4.69) is 27.5 Å². The summed E-state index contributed by atoms with van der Waals surface area (Å²) in [7, 11) is 1.88. The van der Waals surface area contributed by atoms with Crippen molar-refractivity contribution in [3.8, 4) is 17.6 Å². The molecule has 0 saturated heterocycles. The molecule has 3 aromatic rings. The Morgan fingerprint density at radius 1 is 1.26 bits per heavy atom. The van der Waals surface area contributed by atoms with Crippen molar-refractivity contribution >= 4 is 38.1 Å². The van der Waals surface area contributed by atoms with Crippen LogP contribution in [0.3, 0.4) is 0 Å². The maximum Gasteiger partial charge on any atom is 0.181 e. The van der Waals surface area contributed by atoms with Gasteiger partial charge < -0.3 is 21.5 Å². The molecule has 0 unspecified atom stereocenters. The lowest BCUT2D eigenvalue weighted by Gasteiger charge is -2.08. The van der Waals surface area contributed by atoms with E-state index in [4.69, 9.17) is 5.73 Å². The Hall–Kier alpha value is -2.91. The number of hydrogen-bond acceptors (Lipinski definition) is 6. The second kappa shape index (κ2) is 6.46. The molecule has 0 spiro atoms. The molecule has 0 amide bonds. The second-order valence-electron chi connectivity index (χ2n) is 4.85. The molecule has 0 aliphatic rings. The zero-order chi connectivity index (χ0) is 16.2. The van der Waals surface area contributed by atoms with Crippen molar-refractivity contribution in [3.63, 3.8) is 0 Å². The number of nitrogens with zero attached hydrogens (tertiary/aromatic N) is 1. The molecule has 0 aliphatic carbocycles. The third kappa shape index (κ3) is 3.30. The van der Waals surface area contributed by atoms with Crippen LogP contribution in [0.2, 0.25) is 0 Å². The van der Waals surface area contributed by atoms with Crippen LogP contribution in [-0.4, -0.2) is 23.7 Å². The third-order valence-electron chi connectivity index (χ3n) is 3.29. The normalized spacial score (nSPS) is 10.1. The molecule has 23 heavy (non-hydrogen) atoms. The van der Waals surface area contributed by atoms with Gasteiger partial charge in [-0.3, -0.25) is 0 Å². The SMILES string of the molecule is CNc1ccccc1NCC#Cc1cc(O)c2nc(N)sc2c1. The van der Waals surface area contributed by atoms with Crippen molar-refractivity contribution in [1.82, 2.24) is 4.98 Å². The van der Waals surface area contributed by atoms with Gasteiger partial charge in [0.1, 0.15) is 11.3 Å². The Kier molecular flexibility index (Phi) is 4.22. The van der Waals surface area contributed by atoms with E-state index in [0.717, 1.165) is 21.6 Å². The molecule has 1 heterocycles. The van der Waals surface area contributed by atoms with Gasteiger partial charge in [-0.15, -0.1) is 0 Å². The number of rotatable bonds is 3. The lowest BCUT2D eigenvalue weighted by Crippen LogP contribution is -2.02. The molecule has 1 aromatic heterocycles. The summed E-state index contributed by atoms with van der Waals surface area (Å²) in [6, 6.07) is 11.4. The van der Waals surface area contributed by atoms with E-state index in [0.29, 0.717) is 17.2 Å². The summed E-state index contributed by atoms with van der Waals surface area (Å²) < 4.78 is 0.834. The number of phenolic OH excluding ortho intramolecular Hbond substituents is 1. The van der Waals surface area contributed by atoms with Gasteiger partial charge in [-0.2, -0.15) is 0 Å². The molecule has 0 fully saturated rings. The summed E-state index contributed by atoms with van der Waals surface area (Å²) in [6.07, 6.45) is 0. The Morgan fingerprint density at radius 3 is 2.83 bits per heavy atom. The first-order chi connectivity index (χ1) is 11.2. The molecule has 0 aliphatic heterocycles. The van der Waals surface area contributed by atoms with Gasteiger partial charge >= 0.3 is 0 Å². The molecule has 0 saturated carbocycles. The summed E-state index contributed by atoms with van der Waals surface area (Å²) in [6.45, 7) is 0.502. The highest BCUT2D eigenvalue weighted by atomic mass is 32.1. The standard InChI is InChI=1S/C17H16N4OS/c1-19-12-6-2-3-7-13(12)20-8-4-5-11-9-14(22)16-15(10-11)23-17(18)21-16/h2-3,6-7,9-10,19-20,22H,8H2,1H3,(H2,18,21). The van der Waals surface area contributed by atoms with Gasteiger partial charge in [0.15, 0.2) is 5.13 Å². The molecule has 2 aromatic carbocycles. The van der Waals surface area contributed by atoms with Crippen LogP contribution in [-0.2, 0) is 0 Å². The lowest BCUT2D eigenvalue weighted by atomic mass is 10.2. The van der Waals surface area contributed by atoms with Gasteiger partial charge in [-0.25, -0.2) is 4.98 Å². The molecule has 5 N–H and O–H groups in total. The zero-order valence-electron chi connectivity index (χ0n) is 12.6. The topological polar surface area (TPSA) is 83.2 Å². The molecular weight excluding hydrogens is 308 g/mol. The van der Waals surface area contributed by atoms with E-state index in [-0.39, 0.29) is 5.75 Å². The fraction of sp³-hybridized carbons (Fsp3) is 0.118. The molecule has 0 atom stereocenters. The summed E-state index contributed by atoms with van der Waals surface area (Å²) in [5.41, 5.74) is 8.95. The highest BCUT2D eigenvalue weighted by Crippen LogP contribution is 2.31. The fourth-order valence-electron chi connectivity index (χ4n) is 2.24. The summed E-state index contributed by atoms with van der Waals surface area (Å²) >= 11 is 1.34. The maximum absolute atomic E-state index is 9.97. The number of aromatic hydroxyl groups is 1. The van der Waals surface area contributed by atoms with Crippen LogP contribution in [0.4, 0.5) is 16.5 Å². The average molecular weight is 324 g/mol. The molecule has 0 radical (unpaired) electrons. The number of nitrogen functional groups attached to an aromatic ring is 1. The Labute approximate surface area is 138 Å². The monoisotopic (exact) mass is 324 g/mol. The molecular formula is C17H16N4OS. The minimum Gasteiger partial charge on any atom is -0.506 e. The number of phenols is 1. The van der Waals surface area contributed by atoms with Crippen LogP contribution in [0, 0.1) is 11.8 Å². The molecule has 3 rings (SSSR count). The van der Waals surface area contributed by atoms with Crippen molar-refractivity contribution < 1.29 is 5.11 Å². The number of thiazole rings is 1. The zero-order valence-corrected chi connectivity index (χ0v) is 13.4. The number of anilines is 3. The number of para-hydroxylation sites is 2. The largest absolute Gasteiger partial charge is 0.506 e. The lowest BCUT2D eigenvalue weighted by molar-refractivity contribution is 0.480. The van der Waals surface area contributed by atoms with Crippen molar-refractivity contribution in [2.45, 2.75) is 0 Å². The predicted octanol–water partition coefficient (Wildman–Crippen LogP) is 3.09. The highest BCUT2D eigenvalue weighted by molar-refractivity contribution is 7.22. The van der Waals surface area contributed by atoms with Crippen LogP contribution in [0.25, 0.3) is 10.2 Å². The van der Waals surface area contributed by atoms with Crippen LogP contribution in [0.5, 0.6) is 5.75 Å². The van der Waals surface area contributed by atoms with Gasteiger partial charge in [-0.05, 0) is 24.3 Å². The molecule has 0 bridgehead atoms. The minimum atomic E-state index is 0.105. The van der Waals surface area contributed by atoms with Gasteiger partial charge in [0, 0.05) is 12.6 Å². The number of aromatic nitrogens is 1. The number of hydrogen-bond donors (Lipinski definition) is 4. The van der Waals surface area contributed by atoms with Crippen LogP contribution in [0.1, 0.15) is 5.56 Å². The highest BCUT2D eigenvalue weighted by Gasteiger charge is 2.07. The van der Waals surface area contributed by atoms with Crippen LogP contribution >= 0.6 is 11.3 Å². The minimum absolute atomic E-state index is 0.105. The number of benzene rings is 2. The Morgan fingerprint density at radius 2 is 2.04 bits per heavy atom. The Bertz CT molecular complexity index is 908.